The number of hydrogen-bond acceptors (Lipinski definition) is 6. The fraction of sp³-hybridized carbons (Fsp3) is 0.143. The second kappa shape index (κ2) is 9.27. The summed E-state index contributed by atoms with van der Waals surface area (Å²) in [4.78, 5) is 24.6. The van der Waals surface area contributed by atoms with Crippen molar-refractivity contribution in [2.45, 2.75) is 11.1 Å². The van der Waals surface area contributed by atoms with Gasteiger partial charge in [0.05, 0.1) is 18.4 Å². The summed E-state index contributed by atoms with van der Waals surface area (Å²) < 4.78 is 46.1. The SMILES string of the molecule is COC(=O)c1cccc(NC(=O)CN(c2ccccc2F)S(=O)(=O)c2cccs2)c1C. The molecule has 0 atom stereocenters. The number of carbonyl (C=O) groups excluding carboxylic acids is 2. The molecule has 0 saturated carbocycles. The van der Waals surface area contributed by atoms with Crippen LogP contribution in [-0.4, -0.2) is 33.9 Å². The number of nitrogens with one attached hydrogen (secondary N) is 1. The number of halogens is 1. The number of ether oxygens (including phenoxy) is 1. The number of esters is 1. The summed E-state index contributed by atoms with van der Waals surface area (Å²) in [5.41, 5.74) is 0.791. The highest BCUT2D eigenvalue weighted by molar-refractivity contribution is 7.94. The van der Waals surface area contributed by atoms with E-state index in [9.17, 15) is 22.4 Å². The molecule has 0 unspecified atom stereocenters. The molecule has 0 aliphatic carbocycles. The van der Waals surface area contributed by atoms with Gasteiger partial charge in [-0.2, -0.15) is 0 Å². The average molecular weight is 463 g/mol. The first-order chi connectivity index (χ1) is 14.8. The van der Waals surface area contributed by atoms with Crippen LogP contribution < -0.4 is 9.62 Å². The fourth-order valence-corrected chi connectivity index (χ4v) is 5.43. The van der Waals surface area contributed by atoms with Crippen molar-refractivity contribution in [3.8, 4) is 0 Å². The molecule has 2 aromatic carbocycles. The van der Waals surface area contributed by atoms with Crippen molar-refractivity contribution in [2.75, 3.05) is 23.3 Å². The standard InChI is InChI=1S/C21H19FN2O5S2/c1-14-15(21(26)29-2)7-5-9-17(14)23-19(25)13-24(18-10-4-3-8-16(18)22)31(27,28)20-11-6-12-30-20/h3-12H,13H2,1-2H3,(H,23,25). The third-order valence-electron chi connectivity index (χ3n) is 4.46. The molecule has 0 aliphatic heterocycles. The number of benzene rings is 2. The highest BCUT2D eigenvalue weighted by atomic mass is 32.2. The molecule has 31 heavy (non-hydrogen) atoms. The molecule has 0 bridgehead atoms. The molecule has 162 valence electrons. The quantitative estimate of drug-likeness (QED) is 0.539. The largest absolute Gasteiger partial charge is 0.465 e. The highest BCUT2D eigenvalue weighted by Crippen LogP contribution is 2.28. The Labute approximate surface area is 183 Å². The van der Waals surface area contributed by atoms with Gasteiger partial charge in [0.25, 0.3) is 10.0 Å². The van der Waals surface area contributed by atoms with E-state index in [0.29, 0.717) is 11.3 Å². The number of methoxy groups -OCH3 is 1. The Morgan fingerprint density at radius 2 is 1.84 bits per heavy atom. The van der Waals surface area contributed by atoms with Gasteiger partial charge in [-0.1, -0.05) is 24.3 Å². The minimum Gasteiger partial charge on any atom is -0.465 e. The van der Waals surface area contributed by atoms with Crippen molar-refractivity contribution >= 4 is 44.6 Å². The first-order valence-corrected chi connectivity index (χ1v) is 11.4. The molecule has 1 amide bonds. The Morgan fingerprint density at radius 3 is 2.48 bits per heavy atom. The summed E-state index contributed by atoms with van der Waals surface area (Å²) in [5, 5.41) is 4.17. The number of amides is 1. The lowest BCUT2D eigenvalue weighted by atomic mass is 10.1. The summed E-state index contributed by atoms with van der Waals surface area (Å²) in [6.07, 6.45) is 0. The van der Waals surface area contributed by atoms with Crippen LogP contribution in [0.15, 0.2) is 64.2 Å². The molecular formula is C21H19FN2O5S2. The summed E-state index contributed by atoms with van der Waals surface area (Å²) in [6, 6.07) is 12.9. The average Bonchev–Trinajstić information content (AvgIpc) is 3.29. The number of hydrogen-bond donors (Lipinski definition) is 1. The maximum Gasteiger partial charge on any atom is 0.338 e. The van der Waals surface area contributed by atoms with E-state index < -0.39 is 34.3 Å². The molecular weight excluding hydrogens is 443 g/mol. The van der Waals surface area contributed by atoms with Crippen LogP contribution in [0.4, 0.5) is 15.8 Å². The van der Waals surface area contributed by atoms with E-state index in [0.717, 1.165) is 21.7 Å². The molecule has 0 saturated heterocycles. The zero-order chi connectivity index (χ0) is 22.6. The van der Waals surface area contributed by atoms with E-state index >= 15 is 0 Å². The maximum atomic E-state index is 14.4. The molecule has 0 aliphatic rings. The summed E-state index contributed by atoms with van der Waals surface area (Å²) in [6.45, 7) is 0.960. The van der Waals surface area contributed by atoms with Gasteiger partial charge < -0.3 is 10.1 Å². The zero-order valence-corrected chi connectivity index (χ0v) is 18.3. The molecule has 3 aromatic rings. The van der Waals surface area contributed by atoms with E-state index in [1.165, 1.54) is 31.4 Å². The minimum atomic E-state index is -4.18. The zero-order valence-electron chi connectivity index (χ0n) is 16.7. The first kappa shape index (κ1) is 22.4. The normalized spacial score (nSPS) is 11.1. The molecule has 7 nitrogen and oxygen atoms in total. The van der Waals surface area contributed by atoms with Crippen LogP contribution in [0, 0.1) is 12.7 Å². The van der Waals surface area contributed by atoms with Gasteiger partial charge in [-0.05, 0) is 48.2 Å². The number of nitrogens with zero attached hydrogens (tertiary/aromatic N) is 1. The van der Waals surface area contributed by atoms with Crippen molar-refractivity contribution in [3.05, 3.63) is 76.9 Å². The molecule has 0 radical (unpaired) electrons. The lowest BCUT2D eigenvalue weighted by Gasteiger charge is -2.24. The van der Waals surface area contributed by atoms with Crippen molar-refractivity contribution in [1.82, 2.24) is 0 Å². The third kappa shape index (κ3) is 4.75. The maximum absolute atomic E-state index is 14.4. The molecule has 3 rings (SSSR count). The van der Waals surface area contributed by atoms with Gasteiger partial charge in [0, 0.05) is 5.69 Å². The van der Waals surface area contributed by atoms with Crippen LogP contribution in [0.2, 0.25) is 0 Å². The van der Waals surface area contributed by atoms with E-state index in [1.807, 2.05) is 0 Å². The van der Waals surface area contributed by atoms with E-state index in [-0.39, 0.29) is 15.5 Å². The monoisotopic (exact) mass is 462 g/mol. The second-order valence-electron chi connectivity index (χ2n) is 6.41. The molecule has 10 heteroatoms. The van der Waals surface area contributed by atoms with Gasteiger partial charge in [-0.3, -0.25) is 9.10 Å². The van der Waals surface area contributed by atoms with Crippen LogP contribution in [0.3, 0.4) is 0 Å². The molecule has 0 fully saturated rings. The van der Waals surface area contributed by atoms with E-state index in [4.69, 9.17) is 4.74 Å². The van der Waals surface area contributed by atoms with E-state index in [2.05, 4.69) is 5.32 Å². The van der Waals surface area contributed by atoms with Gasteiger partial charge in [-0.15, -0.1) is 11.3 Å². The van der Waals surface area contributed by atoms with Gasteiger partial charge in [0.15, 0.2) is 0 Å². The predicted molar refractivity (Wildman–Crippen MR) is 116 cm³/mol. The van der Waals surface area contributed by atoms with Gasteiger partial charge in [-0.25, -0.2) is 17.6 Å². The summed E-state index contributed by atoms with van der Waals surface area (Å²) in [5.74, 6) is -2.05. The molecule has 1 N–H and O–H groups in total. The number of thiophene rings is 1. The van der Waals surface area contributed by atoms with Crippen LogP contribution in [0.5, 0.6) is 0 Å². The van der Waals surface area contributed by atoms with Crippen molar-refractivity contribution in [3.63, 3.8) is 0 Å². The second-order valence-corrected chi connectivity index (χ2v) is 9.45. The number of rotatable bonds is 7. The van der Waals surface area contributed by atoms with Crippen LogP contribution in [-0.2, 0) is 19.6 Å². The molecule has 1 heterocycles. The van der Waals surface area contributed by atoms with Crippen LogP contribution >= 0.6 is 11.3 Å². The smallest absolute Gasteiger partial charge is 0.338 e. The first-order valence-electron chi connectivity index (χ1n) is 9.04. The Morgan fingerprint density at radius 1 is 1.10 bits per heavy atom. The fourth-order valence-electron chi connectivity index (χ4n) is 2.89. The Balaban J connectivity index is 1.94. The van der Waals surface area contributed by atoms with E-state index in [1.54, 1.807) is 36.6 Å². The van der Waals surface area contributed by atoms with Gasteiger partial charge >= 0.3 is 5.97 Å². The highest BCUT2D eigenvalue weighted by Gasteiger charge is 2.30. The summed E-state index contributed by atoms with van der Waals surface area (Å²) >= 11 is 0.965. The number of carbonyl (C=O) groups is 2. The predicted octanol–water partition coefficient (Wildman–Crippen LogP) is 3.82. The topological polar surface area (TPSA) is 92.8 Å². The molecule has 0 spiro atoms. The van der Waals surface area contributed by atoms with Crippen molar-refractivity contribution < 1.29 is 27.1 Å². The lowest BCUT2D eigenvalue weighted by Crippen LogP contribution is -2.38. The third-order valence-corrected chi connectivity index (χ3v) is 7.59. The lowest BCUT2D eigenvalue weighted by molar-refractivity contribution is -0.114. The van der Waals surface area contributed by atoms with Gasteiger partial charge in [0.1, 0.15) is 16.6 Å². The Kier molecular flexibility index (Phi) is 6.71. The number of anilines is 2. The summed E-state index contributed by atoms with van der Waals surface area (Å²) in [7, 11) is -2.93. The molecule has 1 aromatic heterocycles. The minimum absolute atomic E-state index is 0.0209. The van der Waals surface area contributed by atoms with Crippen molar-refractivity contribution in [1.29, 1.82) is 0 Å². The Bertz CT molecular complexity index is 1210. The number of para-hydroxylation sites is 1. The Hall–Kier alpha value is -3.24. The van der Waals surface area contributed by atoms with Crippen LogP contribution in [0.25, 0.3) is 0 Å². The van der Waals surface area contributed by atoms with Gasteiger partial charge in [0.2, 0.25) is 5.91 Å². The van der Waals surface area contributed by atoms with Crippen LogP contribution in [0.1, 0.15) is 15.9 Å². The number of sulfonamides is 1. The van der Waals surface area contributed by atoms with Crippen molar-refractivity contribution in [2.24, 2.45) is 0 Å².